The molecule has 9 heavy (non-hydrogen) atoms. The molecule has 1 atom stereocenters. The maximum absolute atomic E-state index is 10.1. The Hall–Kier alpha value is -1.13. The maximum atomic E-state index is 10.1. The highest BCUT2D eigenvalue weighted by molar-refractivity contribution is 5.73. The average Bonchev–Trinajstić information content (AvgIpc) is 1.82. The van der Waals surface area contributed by atoms with Crippen molar-refractivity contribution in [1.82, 2.24) is 5.43 Å². The number of nitrogens with one attached hydrogen (secondary N) is 1. The van der Waals surface area contributed by atoms with Crippen LogP contribution in [0.4, 0.5) is 0 Å². The number of aliphatic carboxylic acids is 1. The highest BCUT2D eigenvalue weighted by Crippen LogP contribution is 1.88. The molecule has 0 saturated heterocycles. The van der Waals surface area contributed by atoms with Gasteiger partial charge in [-0.15, -0.1) is 4.91 Å². The fourth-order valence-corrected chi connectivity index (χ4v) is 0.385. The van der Waals surface area contributed by atoms with Crippen molar-refractivity contribution >= 4 is 5.97 Å². The van der Waals surface area contributed by atoms with Crippen molar-refractivity contribution in [2.45, 2.75) is 19.4 Å². The summed E-state index contributed by atoms with van der Waals surface area (Å²) >= 11 is 0. The number of hydrogen-bond acceptors (Lipinski definition) is 3. The molecule has 0 aromatic heterocycles. The lowest BCUT2D eigenvalue weighted by Crippen LogP contribution is -2.31. The Bertz CT molecular complexity index is 114. The standard InChI is InChI=1S/C4H8N2O3/c1-2-3(4(7)8)5-6-9/h3H,2H2,1H3,(H,5,9)(H,7,8). The van der Waals surface area contributed by atoms with Crippen LogP contribution in [0.25, 0.3) is 0 Å². The maximum Gasteiger partial charge on any atom is 0.327 e. The first kappa shape index (κ1) is 7.87. The normalized spacial score (nSPS) is 12.1. The largest absolute Gasteiger partial charge is 0.480 e. The Morgan fingerprint density at radius 1 is 1.89 bits per heavy atom. The summed E-state index contributed by atoms with van der Waals surface area (Å²) in [5.74, 6) is -1.06. The zero-order valence-corrected chi connectivity index (χ0v) is 5.00. The number of carbonyl (C=O) groups is 1. The molecule has 0 heterocycles. The van der Waals surface area contributed by atoms with Crippen LogP contribution in [0.15, 0.2) is 5.29 Å². The Balaban J connectivity index is 3.67. The molecule has 0 radical (unpaired) electrons. The van der Waals surface area contributed by atoms with Crippen molar-refractivity contribution in [3.05, 3.63) is 4.91 Å². The lowest BCUT2D eigenvalue weighted by molar-refractivity contribution is -0.139. The number of rotatable bonds is 4. The first-order chi connectivity index (χ1) is 4.22. The van der Waals surface area contributed by atoms with E-state index in [1.807, 2.05) is 5.43 Å². The van der Waals surface area contributed by atoms with Crippen LogP contribution < -0.4 is 5.43 Å². The van der Waals surface area contributed by atoms with E-state index < -0.39 is 12.0 Å². The zero-order valence-electron chi connectivity index (χ0n) is 5.00. The number of nitroso groups, excluding NO2 is 1. The lowest BCUT2D eigenvalue weighted by atomic mass is 10.2. The summed E-state index contributed by atoms with van der Waals surface area (Å²) in [7, 11) is 0. The molecule has 52 valence electrons. The number of nitrogens with zero attached hydrogens (tertiary/aromatic N) is 1. The number of carboxylic acids is 1. The van der Waals surface area contributed by atoms with Crippen molar-refractivity contribution in [1.29, 1.82) is 0 Å². The van der Waals surface area contributed by atoms with Crippen LogP contribution in [0.1, 0.15) is 13.3 Å². The molecule has 2 N–H and O–H groups in total. The van der Waals surface area contributed by atoms with Gasteiger partial charge >= 0.3 is 5.97 Å². The summed E-state index contributed by atoms with van der Waals surface area (Å²) in [4.78, 5) is 19.5. The van der Waals surface area contributed by atoms with Gasteiger partial charge in [-0.25, -0.2) is 4.79 Å². The Kier molecular flexibility index (Phi) is 3.34. The van der Waals surface area contributed by atoms with E-state index in [0.717, 1.165) is 0 Å². The second-order valence-corrected chi connectivity index (χ2v) is 1.52. The monoisotopic (exact) mass is 132 g/mol. The minimum atomic E-state index is -1.06. The summed E-state index contributed by atoms with van der Waals surface area (Å²) in [5, 5.41) is 10.5. The van der Waals surface area contributed by atoms with Gasteiger partial charge in [0.1, 0.15) is 6.04 Å². The van der Waals surface area contributed by atoms with E-state index in [1.165, 1.54) is 0 Å². The van der Waals surface area contributed by atoms with Crippen molar-refractivity contribution in [3.8, 4) is 0 Å². The molecule has 5 heteroatoms. The van der Waals surface area contributed by atoms with Gasteiger partial charge in [-0.1, -0.05) is 6.92 Å². The molecule has 0 amide bonds. The number of hydrogen-bond donors (Lipinski definition) is 2. The molecule has 0 aromatic rings. The third kappa shape index (κ3) is 2.63. The van der Waals surface area contributed by atoms with Gasteiger partial charge in [0.25, 0.3) is 0 Å². The van der Waals surface area contributed by atoms with Gasteiger partial charge in [0.05, 0.1) is 5.29 Å². The summed E-state index contributed by atoms with van der Waals surface area (Å²) in [6, 6.07) is -0.845. The Morgan fingerprint density at radius 2 is 2.44 bits per heavy atom. The molecule has 0 aliphatic rings. The predicted octanol–water partition coefficient (Wildman–Crippen LogP) is 0.121. The molecular formula is C4H8N2O3. The van der Waals surface area contributed by atoms with Gasteiger partial charge < -0.3 is 5.11 Å². The minimum absolute atomic E-state index is 0.348. The minimum Gasteiger partial charge on any atom is -0.480 e. The molecule has 1 unspecified atom stereocenters. The second-order valence-electron chi connectivity index (χ2n) is 1.52. The molecule has 0 bridgehead atoms. The van der Waals surface area contributed by atoms with E-state index in [-0.39, 0.29) is 0 Å². The molecule has 0 aliphatic carbocycles. The molecule has 0 rings (SSSR count). The van der Waals surface area contributed by atoms with Crippen LogP contribution in [-0.2, 0) is 4.79 Å². The van der Waals surface area contributed by atoms with E-state index in [4.69, 9.17) is 5.11 Å². The molecular weight excluding hydrogens is 124 g/mol. The third-order valence-electron chi connectivity index (χ3n) is 0.915. The third-order valence-corrected chi connectivity index (χ3v) is 0.915. The zero-order chi connectivity index (χ0) is 7.28. The summed E-state index contributed by atoms with van der Waals surface area (Å²) in [6.45, 7) is 1.65. The van der Waals surface area contributed by atoms with E-state index in [1.54, 1.807) is 6.92 Å². The predicted molar refractivity (Wildman–Crippen MR) is 30.6 cm³/mol. The summed E-state index contributed by atoms with van der Waals surface area (Å²) < 4.78 is 0. The van der Waals surface area contributed by atoms with Gasteiger partial charge in [-0.05, 0) is 6.42 Å². The first-order valence-electron chi connectivity index (χ1n) is 2.53. The SMILES string of the molecule is CCC(NN=O)C(=O)O. The lowest BCUT2D eigenvalue weighted by Gasteiger charge is -2.03. The van der Waals surface area contributed by atoms with Gasteiger partial charge in [-0.3, -0.25) is 5.43 Å². The van der Waals surface area contributed by atoms with Crippen molar-refractivity contribution in [2.24, 2.45) is 5.29 Å². The van der Waals surface area contributed by atoms with Gasteiger partial charge in [0.15, 0.2) is 0 Å². The van der Waals surface area contributed by atoms with Crippen LogP contribution in [0.2, 0.25) is 0 Å². The van der Waals surface area contributed by atoms with Crippen molar-refractivity contribution in [2.75, 3.05) is 0 Å². The second kappa shape index (κ2) is 3.82. The summed E-state index contributed by atoms with van der Waals surface area (Å²) in [5.41, 5.74) is 1.90. The smallest absolute Gasteiger partial charge is 0.327 e. The quantitative estimate of drug-likeness (QED) is 0.420. The van der Waals surface area contributed by atoms with Crippen LogP contribution in [0.3, 0.4) is 0 Å². The first-order valence-corrected chi connectivity index (χ1v) is 2.53. The van der Waals surface area contributed by atoms with Crippen LogP contribution in [0, 0.1) is 4.91 Å². The topological polar surface area (TPSA) is 78.8 Å². The van der Waals surface area contributed by atoms with Crippen molar-refractivity contribution in [3.63, 3.8) is 0 Å². The van der Waals surface area contributed by atoms with Gasteiger partial charge in [0.2, 0.25) is 0 Å². The van der Waals surface area contributed by atoms with Crippen LogP contribution in [-0.4, -0.2) is 17.1 Å². The Morgan fingerprint density at radius 3 is 2.56 bits per heavy atom. The van der Waals surface area contributed by atoms with Crippen LogP contribution in [0.5, 0.6) is 0 Å². The fourth-order valence-electron chi connectivity index (χ4n) is 0.385. The van der Waals surface area contributed by atoms with E-state index in [2.05, 4.69) is 5.29 Å². The highest BCUT2D eigenvalue weighted by atomic mass is 16.4. The molecule has 0 fully saturated rings. The molecule has 0 aliphatic heterocycles. The van der Waals surface area contributed by atoms with Crippen molar-refractivity contribution < 1.29 is 9.90 Å². The Labute approximate surface area is 52.0 Å². The van der Waals surface area contributed by atoms with E-state index in [0.29, 0.717) is 6.42 Å². The molecule has 0 aromatic carbocycles. The average molecular weight is 132 g/mol. The van der Waals surface area contributed by atoms with Gasteiger partial charge in [0, 0.05) is 0 Å². The summed E-state index contributed by atoms with van der Waals surface area (Å²) in [6.07, 6.45) is 0.348. The molecule has 0 saturated carbocycles. The highest BCUT2D eigenvalue weighted by Gasteiger charge is 2.12. The number of carboxylic acid groups (broad SMARTS) is 1. The van der Waals surface area contributed by atoms with E-state index in [9.17, 15) is 9.70 Å². The van der Waals surface area contributed by atoms with Crippen LogP contribution >= 0.6 is 0 Å². The molecule has 0 spiro atoms. The van der Waals surface area contributed by atoms with Gasteiger partial charge in [-0.2, -0.15) is 0 Å². The molecule has 5 nitrogen and oxygen atoms in total. The fraction of sp³-hybridized carbons (Fsp3) is 0.750. The van der Waals surface area contributed by atoms with E-state index >= 15 is 0 Å².